The zero-order valence-electron chi connectivity index (χ0n) is 21.2. The smallest absolute Gasteiger partial charge is 0.243 e. The van der Waals surface area contributed by atoms with Crippen molar-refractivity contribution in [1.82, 2.24) is 10.2 Å². The van der Waals surface area contributed by atoms with Crippen LogP contribution in [0.1, 0.15) is 124 Å². The molecule has 5 nitrogen and oxygen atoms in total. The molecule has 1 unspecified atom stereocenters. The molecule has 0 aliphatic heterocycles. The number of nitrogens with one attached hydrogen (secondary N) is 1. The van der Waals surface area contributed by atoms with Crippen LogP contribution in [0.15, 0.2) is 0 Å². The molecule has 2 amide bonds. The Labute approximate surface area is 193 Å². The van der Waals surface area contributed by atoms with Crippen molar-refractivity contribution >= 4 is 11.8 Å². The molecule has 0 saturated heterocycles. The molecular weight excluding hydrogens is 386 g/mol. The molecule has 31 heavy (non-hydrogen) atoms. The quantitative estimate of drug-likeness (QED) is 0.222. The molecule has 0 saturated carbocycles. The van der Waals surface area contributed by atoms with Gasteiger partial charge in [0.25, 0.3) is 0 Å². The first-order valence-corrected chi connectivity index (χ1v) is 13.2. The number of carbonyl (C=O) groups is 2. The first-order chi connectivity index (χ1) is 15.0. The number of unbranched alkanes of at least 4 members (excludes halogenated alkanes) is 13. The Balaban J connectivity index is 4.03. The molecule has 0 aromatic rings. The van der Waals surface area contributed by atoms with Crippen molar-refractivity contribution in [3.63, 3.8) is 0 Å². The van der Waals surface area contributed by atoms with Gasteiger partial charge >= 0.3 is 0 Å². The molecule has 5 heteroatoms. The molecule has 0 aliphatic rings. The Kier molecular flexibility index (Phi) is 20.0. The van der Waals surface area contributed by atoms with Crippen molar-refractivity contribution in [2.45, 2.75) is 130 Å². The van der Waals surface area contributed by atoms with Crippen LogP contribution in [0.5, 0.6) is 0 Å². The van der Waals surface area contributed by atoms with Crippen molar-refractivity contribution < 1.29 is 9.59 Å². The maximum absolute atomic E-state index is 12.7. The van der Waals surface area contributed by atoms with Crippen LogP contribution in [0, 0.1) is 5.92 Å². The van der Waals surface area contributed by atoms with E-state index >= 15 is 0 Å². The van der Waals surface area contributed by atoms with E-state index < -0.39 is 0 Å². The third kappa shape index (κ3) is 16.2. The van der Waals surface area contributed by atoms with Crippen LogP contribution in [-0.4, -0.2) is 42.9 Å². The fourth-order valence-corrected chi connectivity index (χ4v) is 4.14. The highest BCUT2D eigenvalue weighted by Crippen LogP contribution is 2.15. The van der Waals surface area contributed by atoms with Crippen molar-refractivity contribution in [1.29, 1.82) is 0 Å². The Hall–Kier alpha value is -1.10. The van der Waals surface area contributed by atoms with Crippen LogP contribution in [0.25, 0.3) is 0 Å². The molecular formula is C26H53N3O2. The second-order valence-corrected chi connectivity index (χ2v) is 9.47. The van der Waals surface area contributed by atoms with E-state index in [4.69, 9.17) is 5.73 Å². The molecule has 0 aromatic heterocycles. The van der Waals surface area contributed by atoms with E-state index in [0.717, 1.165) is 51.5 Å². The summed E-state index contributed by atoms with van der Waals surface area (Å²) in [7, 11) is 1.79. The van der Waals surface area contributed by atoms with Crippen LogP contribution in [-0.2, 0) is 9.59 Å². The Morgan fingerprint density at radius 2 is 1.26 bits per heavy atom. The maximum Gasteiger partial charge on any atom is 0.243 e. The monoisotopic (exact) mass is 439 g/mol. The molecule has 0 aromatic carbocycles. The van der Waals surface area contributed by atoms with Crippen molar-refractivity contribution in [3.05, 3.63) is 0 Å². The maximum atomic E-state index is 12.7. The summed E-state index contributed by atoms with van der Waals surface area (Å²) >= 11 is 0. The van der Waals surface area contributed by atoms with Gasteiger partial charge in [-0.2, -0.15) is 0 Å². The van der Waals surface area contributed by atoms with Gasteiger partial charge < -0.3 is 16.0 Å². The van der Waals surface area contributed by atoms with Gasteiger partial charge in [0.15, 0.2) is 0 Å². The second-order valence-electron chi connectivity index (χ2n) is 9.47. The number of hydrogen-bond acceptors (Lipinski definition) is 3. The van der Waals surface area contributed by atoms with Gasteiger partial charge in [-0.05, 0) is 31.7 Å². The second kappa shape index (κ2) is 20.8. The van der Waals surface area contributed by atoms with E-state index in [0.29, 0.717) is 13.0 Å². The zero-order valence-corrected chi connectivity index (χ0v) is 21.2. The van der Waals surface area contributed by atoms with E-state index in [1.165, 1.54) is 51.4 Å². The van der Waals surface area contributed by atoms with Gasteiger partial charge in [0.1, 0.15) is 6.04 Å². The molecule has 0 fully saturated rings. The lowest BCUT2D eigenvalue weighted by molar-refractivity contribution is -0.140. The minimum absolute atomic E-state index is 0.0177. The topological polar surface area (TPSA) is 75.4 Å². The lowest BCUT2D eigenvalue weighted by atomic mass is 10.0. The van der Waals surface area contributed by atoms with E-state index in [2.05, 4.69) is 12.2 Å². The molecule has 0 aliphatic carbocycles. The first kappa shape index (κ1) is 29.9. The fraction of sp³-hybridized carbons (Fsp3) is 0.923. The predicted octanol–water partition coefficient (Wildman–Crippen LogP) is 5.81. The van der Waals surface area contributed by atoms with Gasteiger partial charge in [-0.15, -0.1) is 0 Å². The number of likely N-dealkylation sites (N-methyl/N-ethyl adjacent to an activating group) is 1. The summed E-state index contributed by atoms with van der Waals surface area (Å²) in [5.41, 5.74) is 5.51. The molecule has 184 valence electrons. The van der Waals surface area contributed by atoms with Gasteiger partial charge in [0.2, 0.25) is 11.8 Å². The summed E-state index contributed by atoms with van der Waals surface area (Å²) in [5, 5.41) is 3.04. The summed E-state index contributed by atoms with van der Waals surface area (Å²) < 4.78 is 0. The molecule has 0 radical (unpaired) electrons. The molecule has 3 N–H and O–H groups in total. The lowest BCUT2D eigenvalue weighted by Gasteiger charge is -2.30. The van der Waals surface area contributed by atoms with Gasteiger partial charge in [0.05, 0.1) is 0 Å². The van der Waals surface area contributed by atoms with Gasteiger partial charge in [-0.25, -0.2) is 0 Å². The van der Waals surface area contributed by atoms with Crippen LogP contribution in [0.2, 0.25) is 0 Å². The molecule has 1 atom stereocenters. The average molecular weight is 440 g/mol. The van der Waals surface area contributed by atoms with Crippen LogP contribution >= 0.6 is 0 Å². The van der Waals surface area contributed by atoms with Crippen molar-refractivity contribution in [2.24, 2.45) is 11.7 Å². The third-order valence-electron chi connectivity index (χ3n) is 6.14. The predicted molar refractivity (Wildman–Crippen MR) is 133 cm³/mol. The van der Waals surface area contributed by atoms with E-state index in [-0.39, 0.29) is 23.8 Å². The SMILES string of the molecule is CCCCCCCCCCCCC(=O)N(C)C(C(=O)NCCCCCCCN)C(C)C. The summed E-state index contributed by atoms with van der Waals surface area (Å²) in [6.07, 6.45) is 18.6. The third-order valence-corrected chi connectivity index (χ3v) is 6.14. The largest absolute Gasteiger partial charge is 0.354 e. The minimum atomic E-state index is -0.382. The fourth-order valence-electron chi connectivity index (χ4n) is 4.14. The summed E-state index contributed by atoms with van der Waals surface area (Å²) in [5.74, 6) is 0.178. The highest BCUT2D eigenvalue weighted by atomic mass is 16.2. The molecule has 0 spiro atoms. The summed E-state index contributed by atoms with van der Waals surface area (Å²) in [4.78, 5) is 27.0. The van der Waals surface area contributed by atoms with Gasteiger partial charge in [-0.3, -0.25) is 9.59 Å². The highest BCUT2D eigenvalue weighted by molar-refractivity contribution is 5.87. The van der Waals surface area contributed by atoms with E-state index in [1.54, 1.807) is 11.9 Å². The van der Waals surface area contributed by atoms with Crippen LogP contribution < -0.4 is 11.1 Å². The van der Waals surface area contributed by atoms with Gasteiger partial charge in [0, 0.05) is 20.0 Å². The highest BCUT2D eigenvalue weighted by Gasteiger charge is 2.29. The number of rotatable bonds is 21. The number of carbonyl (C=O) groups excluding carboxylic acids is 2. The van der Waals surface area contributed by atoms with Gasteiger partial charge in [-0.1, -0.05) is 97.8 Å². The normalized spacial score (nSPS) is 12.2. The Morgan fingerprint density at radius 3 is 1.77 bits per heavy atom. The van der Waals surface area contributed by atoms with Crippen LogP contribution in [0.4, 0.5) is 0 Å². The zero-order chi connectivity index (χ0) is 23.3. The number of hydrogen-bond donors (Lipinski definition) is 2. The average Bonchev–Trinajstić information content (AvgIpc) is 2.74. The summed E-state index contributed by atoms with van der Waals surface area (Å²) in [6.45, 7) is 7.72. The van der Waals surface area contributed by atoms with E-state index in [9.17, 15) is 9.59 Å². The van der Waals surface area contributed by atoms with E-state index in [1.807, 2.05) is 13.8 Å². The Bertz CT molecular complexity index is 440. The number of nitrogens with two attached hydrogens (primary N) is 1. The number of amides is 2. The first-order valence-electron chi connectivity index (χ1n) is 13.2. The number of nitrogens with zero attached hydrogens (tertiary/aromatic N) is 1. The molecule has 0 bridgehead atoms. The summed E-state index contributed by atoms with van der Waals surface area (Å²) in [6, 6.07) is -0.382. The lowest BCUT2D eigenvalue weighted by Crippen LogP contribution is -2.50. The molecule has 0 heterocycles. The van der Waals surface area contributed by atoms with Crippen LogP contribution in [0.3, 0.4) is 0 Å². The Morgan fingerprint density at radius 1 is 0.774 bits per heavy atom. The molecule has 0 rings (SSSR count). The minimum Gasteiger partial charge on any atom is -0.354 e. The standard InChI is InChI=1S/C26H53N3O2/c1-5-6-7-8-9-10-11-12-14-17-20-24(30)29(4)25(23(2)3)26(31)28-22-19-16-13-15-18-21-27/h23,25H,5-22,27H2,1-4H3,(H,28,31). The van der Waals surface area contributed by atoms with Crippen molar-refractivity contribution in [2.75, 3.05) is 20.1 Å². The van der Waals surface area contributed by atoms with Crippen molar-refractivity contribution in [3.8, 4) is 0 Å².